The number of amides is 2. The van der Waals surface area contributed by atoms with Gasteiger partial charge in [-0.3, -0.25) is 9.59 Å². The number of carbonyl (C=O) groups excluding carboxylic acids is 2. The van der Waals surface area contributed by atoms with E-state index in [9.17, 15) is 9.59 Å². The summed E-state index contributed by atoms with van der Waals surface area (Å²) in [6.07, 6.45) is 4.97. The third-order valence-corrected chi connectivity index (χ3v) is 3.75. The van der Waals surface area contributed by atoms with Crippen molar-refractivity contribution in [2.24, 2.45) is 11.7 Å². The van der Waals surface area contributed by atoms with Crippen LogP contribution in [0.3, 0.4) is 0 Å². The Kier molecular flexibility index (Phi) is 5.11. The van der Waals surface area contributed by atoms with Gasteiger partial charge in [0.25, 0.3) is 0 Å². The summed E-state index contributed by atoms with van der Waals surface area (Å²) in [6, 6.07) is 6.78. The fourth-order valence-corrected chi connectivity index (χ4v) is 2.48. The normalized spacial score (nSPS) is 18.3. The molecule has 1 aromatic rings. The van der Waals surface area contributed by atoms with Gasteiger partial charge in [0.05, 0.1) is 0 Å². The second kappa shape index (κ2) is 7.04. The number of primary amides is 1. The maximum Gasteiger partial charge on any atom is 0.248 e. The largest absolute Gasteiger partial charge is 0.396 e. The van der Waals surface area contributed by atoms with Crippen LogP contribution in [-0.2, 0) is 4.79 Å². The molecule has 0 radical (unpaired) electrons. The van der Waals surface area contributed by atoms with Crippen molar-refractivity contribution >= 4 is 17.9 Å². The molecular formula is C16H20N2O3. The third-order valence-electron chi connectivity index (χ3n) is 3.75. The van der Waals surface area contributed by atoms with Crippen molar-refractivity contribution in [2.75, 3.05) is 19.7 Å². The first-order chi connectivity index (χ1) is 10.1. The Morgan fingerprint density at radius 3 is 2.67 bits per heavy atom. The molecule has 0 aliphatic carbocycles. The van der Waals surface area contributed by atoms with Crippen molar-refractivity contribution in [3.63, 3.8) is 0 Å². The van der Waals surface area contributed by atoms with Crippen molar-refractivity contribution in [1.82, 2.24) is 4.90 Å². The first-order valence-electron chi connectivity index (χ1n) is 7.08. The lowest BCUT2D eigenvalue weighted by Crippen LogP contribution is -2.26. The summed E-state index contributed by atoms with van der Waals surface area (Å²) >= 11 is 0. The smallest absolute Gasteiger partial charge is 0.248 e. The number of likely N-dealkylation sites (tertiary alicyclic amines) is 1. The van der Waals surface area contributed by atoms with Crippen molar-refractivity contribution in [3.8, 4) is 0 Å². The van der Waals surface area contributed by atoms with Crippen molar-refractivity contribution in [1.29, 1.82) is 0 Å². The highest BCUT2D eigenvalue weighted by atomic mass is 16.3. The molecule has 1 atom stereocenters. The quantitative estimate of drug-likeness (QED) is 0.794. The zero-order chi connectivity index (χ0) is 15.2. The average Bonchev–Trinajstić information content (AvgIpc) is 2.94. The molecule has 1 fully saturated rings. The van der Waals surface area contributed by atoms with Gasteiger partial charge in [-0.25, -0.2) is 0 Å². The van der Waals surface area contributed by atoms with Crippen molar-refractivity contribution in [3.05, 3.63) is 41.5 Å². The maximum atomic E-state index is 12.0. The highest BCUT2D eigenvalue weighted by molar-refractivity contribution is 5.94. The Bertz CT molecular complexity index is 537. The van der Waals surface area contributed by atoms with Crippen LogP contribution in [0.5, 0.6) is 0 Å². The molecule has 112 valence electrons. The van der Waals surface area contributed by atoms with Gasteiger partial charge in [-0.2, -0.15) is 0 Å². The molecule has 0 spiro atoms. The summed E-state index contributed by atoms with van der Waals surface area (Å²) in [5.74, 6) is -0.0785. The van der Waals surface area contributed by atoms with E-state index < -0.39 is 5.91 Å². The SMILES string of the molecule is NC(=O)c1ccc(/C=C/C(=O)N2CCC(CCO)C2)cc1. The summed E-state index contributed by atoms with van der Waals surface area (Å²) in [5, 5.41) is 8.91. The molecule has 5 heteroatoms. The van der Waals surface area contributed by atoms with E-state index in [4.69, 9.17) is 10.8 Å². The Labute approximate surface area is 124 Å². The highest BCUT2D eigenvalue weighted by Crippen LogP contribution is 2.19. The maximum absolute atomic E-state index is 12.0. The van der Waals surface area contributed by atoms with E-state index in [1.807, 2.05) is 0 Å². The Morgan fingerprint density at radius 2 is 2.05 bits per heavy atom. The molecule has 1 aromatic carbocycles. The van der Waals surface area contributed by atoms with Gasteiger partial charge >= 0.3 is 0 Å². The van der Waals surface area contributed by atoms with Gasteiger partial charge in [0, 0.05) is 31.3 Å². The van der Waals surface area contributed by atoms with Crippen LogP contribution in [0.2, 0.25) is 0 Å². The number of benzene rings is 1. The van der Waals surface area contributed by atoms with Gasteiger partial charge in [0.1, 0.15) is 0 Å². The molecule has 1 unspecified atom stereocenters. The molecule has 1 aliphatic heterocycles. The van der Waals surface area contributed by atoms with Gasteiger partial charge in [-0.1, -0.05) is 12.1 Å². The van der Waals surface area contributed by atoms with E-state index in [2.05, 4.69) is 0 Å². The molecule has 3 N–H and O–H groups in total. The number of aliphatic hydroxyl groups excluding tert-OH is 1. The van der Waals surface area contributed by atoms with E-state index in [-0.39, 0.29) is 12.5 Å². The molecule has 1 aliphatic rings. The van der Waals surface area contributed by atoms with E-state index in [0.29, 0.717) is 18.0 Å². The van der Waals surface area contributed by atoms with Crippen molar-refractivity contribution < 1.29 is 14.7 Å². The standard InChI is InChI=1S/C16H20N2O3/c17-16(21)14-4-1-12(2-5-14)3-6-15(20)18-9-7-13(11-18)8-10-19/h1-6,13,19H,7-11H2,(H2,17,21)/b6-3+. The van der Waals surface area contributed by atoms with Gasteiger partial charge in [-0.05, 0) is 42.5 Å². The fourth-order valence-electron chi connectivity index (χ4n) is 2.48. The lowest BCUT2D eigenvalue weighted by molar-refractivity contribution is -0.125. The first-order valence-corrected chi connectivity index (χ1v) is 7.08. The molecule has 1 saturated heterocycles. The topological polar surface area (TPSA) is 83.6 Å². The van der Waals surface area contributed by atoms with Crippen LogP contribution >= 0.6 is 0 Å². The van der Waals surface area contributed by atoms with E-state index in [1.54, 1.807) is 41.3 Å². The molecule has 2 rings (SSSR count). The van der Waals surface area contributed by atoms with E-state index >= 15 is 0 Å². The number of nitrogens with zero attached hydrogens (tertiary/aromatic N) is 1. The molecule has 5 nitrogen and oxygen atoms in total. The molecule has 21 heavy (non-hydrogen) atoms. The summed E-state index contributed by atoms with van der Waals surface area (Å²) in [7, 11) is 0. The highest BCUT2D eigenvalue weighted by Gasteiger charge is 2.24. The zero-order valence-electron chi connectivity index (χ0n) is 11.9. The lowest BCUT2D eigenvalue weighted by Gasteiger charge is -2.13. The molecule has 1 heterocycles. The number of aliphatic hydroxyl groups is 1. The van der Waals surface area contributed by atoms with Crippen LogP contribution in [0.15, 0.2) is 30.3 Å². The minimum Gasteiger partial charge on any atom is -0.396 e. The summed E-state index contributed by atoms with van der Waals surface area (Å²) in [6.45, 7) is 1.63. The molecule has 0 saturated carbocycles. The van der Waals surface area contributed by atoms with Crippen LogP contribution in [0.25, 0.3) is 6.08 Å². The van der Waals surface area contributed by atoms with Gasteiger partial charge < -0.3 is 15.7 Å². The molecular weight excluding hydrogens is 268 g/mol. The molecule has 0 bridgehead atoms. The van der Waals surface area contributed by atoms with E-state index in [0.717, 1.165) is 24.9 Å². The Hall–Kier alpha value is -2.14. The molecule has 2 amide bonds. The molecule has 0 aromatic heterocycles. The van der Waals surface area contributed by atoms with Crippen LogP contribution in [0.4, 0.5) is 0 Å². The van der Waals surface area contributed by atoms with Crippen molar-refractivity contribution in [2.45, 2.75) is 12.8 Å². The average molecular weight is 288 g/mol. The van der Waals surface area contributed by atoms with Gasteiger partial charge in [-0.15, -0.1) is 0 Å². The predicted octanol–water partition coefficient (Wildman–Crippen LogP) is 1.03. The second-order valence-electron chi connectivity index (χ2n) is 5.27. The Morgan fingerprint density at radius 1 is 1.33 bits per heavy atom. The summed E-state index contributed by atoms with van der Waals surface area (Å²) < 4.78 is 0. The number of carbonyl (C=O) groups is 2. The lowest BCUT2D eigenvalue weighted by atomic mass is 10.1. The zero-order valence-corrected chi connectivity index (χ0v) is 11.9. The van der Waals surface area contributed by atoms with E-state index in [1.165, 1.54) is 0 Å². The monoisotopic (exact) mass is 288 g/mol. The minimum absolute atomic E-state index is 0.0191. The number of hydrogen-bond donors (Lipinski definition) is 2. The third kappa shape index (κ3) is 4.16. The summed E-state index contributed by atoms with van der Waals surface area (Å²) in [5.41, 5.74) is 6.47. The predicted molar refractivity (Wildman–Crippen MR) is 80.4 cm³/mol. The van der Waals surface area contributed by atoms with Gasteiger partial charge in [0.15, 0.2) is 0 Å². The van der Waals surface area contributed by atoms with Crippen LogP contribution in [0, 0.1) is 5.92 Å². The van der Waals surface area contributed by atoms with Crippen LogP contribution < -0.4 is 5.73 Å². The Balaban J connectivity index is 1.91. The van der Waals surface area contributed by atoms with Gasteiger partial charge in [0.2, 0.25) is 11.8 Å². The second-order valence-corrected chi connectivity index (χ2v) is 5.27. The number of hydrogen-bond acceptors (Lipinski definition) is 3. The summed E-state index contributed by atoms with van der Waals surface area (Å²) in [4.78, 5) is 24.8. The minimum atomic E-state index is -0.464. The van der Waals surface area contributed by atoms with Crippen LogP contribution in [0.1, 0.15) is 28.8 Å². The fraction of sp³-hybridized carbons (Fsp3) is 0.375. The number of rotatable bonds is 5. The number of nitrogens with two attached hydrogens (primary N) is 1. The van der Waals surface area contributed by atoms with Crippen LogP contribution in [-0.4, -0.2) is 41.5 Å². The first kappa shape index (κ1) is 15.3.